The molecule has 0 saturated carbocycles. The molecule has 2 nitrogen and oxygen atoms in total. The molecule has 1 atom stereocenters. The number of unbranched alkanes of at least 4 members (excludes halogenated alkanes) is 2. The Kier molecular flexibility index (Phi) is 7.98. The molecule has 0 N–H and O–H groups in total. The predicted molar refractivity (Wildman–Crippen MR) is 100 cm³/mol. The molecule has 0 aliphatic heterocycles. The topological polar surface area (TPSA) is 20.3 Å². The van der Waals surface area contributed by atoms with Gasteiger partial charge in [0.1, 0.15) is 0 Å². The number of hydrogen-bond donors (Lipinski definition) is 0. The molecule has 0 aromatic heterocycles. The maximum absolute atomic E-state index is 13.2. The molecule has 0 spiro atoms. The first-order valence-electron chi connectivity index (χ1n) is 9.16. The third-order valence-electron chi connectivity index (χ3n) is 4.37. The van der Waals surface area contributed by atoms with Gasteiger partial charge >= 0.3 is 0 Å². The molecule has 0 saturated heterocycles. The standard InChI is InChI=1S/C21H35NO/c1-7-9-15-22(16-10-8-2)20(21(4,5)6)19(23)18-13-11-17(3)12-14-18/h11-14,20H,7-10,15-16H2,1-6H3. The van der Waals surface area contributed by atoms with Crippen molar-refractivity contribution in [3.05, 3.63) is 35.4 Å². The van der Waals surface area contributed by atoms with Crippen LogP contribution in [0.15, 0.2) is 24.3 Å². The summed E-state index contributed by atoms with van der Waals surface area (Å²) in [5, 5.41) is 0. The van der Waals surface area contributed by atoms with Crippen LogP contribution in [0.5, 0.6) is 0 Å². The van der Waals surface area contributed by atoms with E-state index in [9.17, 15) is 4.79 Å². The molecule has 0 bridgehead atoms. The summed E-state index contributed by atoms with van der Waals surface area (Å²) >= 11 is 0. The van der Waals surface area contributed by atoms with Crippen molar-refractivity contribution in [3.8, 4) is 0 Å². The molecule has 0 aliphatic carbocycles. The van der Waals surface area contributed by atoms with Crippen LogP contribution in [0.3, 0.4) is 0 Å². The van der Waals surface area contributed by atoms with Crippen molar-refractivity contribution in [3.63, 3.8) is 0 Å². The fourth-order valence-corrected chi connectivity index (χ4v) is 3.07. The van der Waals surface area contributed by atoms with E-state index in [1.54, 1.807) is 0 Å². The number of rotatable bonds is 9. The summed E-state index contributed by atoms with van der Waals surface area (Å²) in [6, 6.07) is 7.98. The average Bonchev–Trinajstić information content (AvgIpc) is 2.49. The average molecular weight is 318 g/mol. The van der Waals surface area contributed by atoms with E-state index in [2.05, 4.69) is 46.4 Å². The number of carbonyl (C=O) groups is 1. The molecular weight excluding hydrogens is 282 g/mol. The summed E-state index contributed by atoms with van der Waals surface area (Å²) in [6.07, 6.45) is 4.63. The summed E-state index contributed by atoms with van der Waals surface area (Å²) in [4.78, 5) is 15.7. The zero-order valence-electron chi connectivity index (χ0n) is 16.0. The second kappa shape index (κ2) is 9.22. The summed E-state index contributed by atoms with van der Waals surface area (Å²) in [5.74, 6) is 0.268. The number of ketones is 1. The number of carbonyl (C=O) groups excluding carboxylic acids is 1. The van der Waals surface area contributed by atoms with Crippen LogP contribution in [-0.2, 0) is 0 Å². The molecule has 0 radical (unpaired) electrons. The van der Waals surface area contributed by atoms with Gasteiger partial charge in [-0.2, -0.15) is 0 Å². The summed E-state index contributed by atoms with van der Waals surface area (Å²) in [7, 11) is 0. The quantitative estimate of drug-likeness (QED) is 0.561. The van der Waals surface area contributed by atoms with Gasteiger partial charge in [-0.3, -0.25) is 9.69 Å². The highest BCUT2D eigenvalue weighted by molar-refractivity contribution is 6.00. The van der Waals surface area contributed by atoms with Crippen LogP contribution in [0.2, 0.25) is 0 Å². The van der Waals surface area contributed by atoms with E-state index in [-0.39, 0.29) is 17.2 Å². The molecule has 1 aromatic rings. The van der Waals surface area contributed by atoms with Gasteiger partial charge in [0.15, 0.2) is 5.78 Å². The van der Waals surface area contributed by atoms with Crippen LogP contribution in [0.4, 0.5) is 0 Å². The Morgan fingerprint density at radius 3 is 1.87 bits per heavy atom. The van der Waals surface area contributed by atoms with Crippen molar-refractivity contribution in [1.82, 2.24) is 4.90 Å². The van der Waals surface area contributed by atoms with Gasteiger partial charge in [-0.05, 0) is 38.3 Å². The Morgan fingerprint density at radius 2 is 1.48 bits per heavy atom. The molecule has 130 valence electrons. The Balaban J connectivity index is 3.08. The molecule has 0 heterocycles. The third kappa shape index (κ3) is 6.10. The second-order valence-corrected chi connectivity index (χ2v) is 7.74. The van der Waals surface area contributed by atoms with E-state index in [1.165, 1.54) is 5.56 Å². The lowest BCUT2D eigenvalue weighted by Gasteiger charge is -2.39. The summed E-state index contributed by atoms with van der Waals surface area (Å²) in [5.41, 5.74) is 1.97. The molecule has 1 unspecified atom stereocenters. The van der Waals surface area contributed by atoms with Gasteiger partial charge in [0.25, 0.3) is 0 Å². The Morgan fingerprint density at radius 1 is 1.00 bits per heavy atom. The minimum atomic E-state index is -0.0660. The van der Waals surface area contributed by atoms with E-state index in [4.69, 9.17) is 0 Å². The van der Waals surface area contributed by atoms with E-state index >= 15 is 0 Å². The van der Waals surface area contributed by atoms with Crippen molar-refractivity contribution in [1.29, 1.82) is 0 Å². The van der Waals surface area contributed by atoms with Crippen molar-refractivity contribution >= 4 is 5.78 Å². The predicted octanol–water partition coefficient (Wildman–Crippen LogP) is 5.49. The van der Waals surface area contributed by atoms with Gasteiger partial charge in [0.2, 0.25) is 0 Å². The van der Waals surface area contributed by atoms with E-state index in [0.717, 1.165) is 44.3 Å². The van der Waals surface area contributed by atoms with Crippen LogP contribution in [-0.4, -0.2) is 29.8 Å². The minimum absolute atomic E-state index is 0.0525. The fourth-order valence-electron chi connectivity index (χ4n) is 3.07. The maximum Gasteiger partial charge on any atom is 0.180 e. The zero-order chi connectivity index (χ0) is 17.5. The van der Waals surface area contributed by atoms with Crippen molar-refractivity contribution < 1.29 is 4.79 Å². The zero-order valence-corrected chi connectivity index (χ0v) is 16.0. The molecule has 0 fully saturated rings. The lowest BCUT2D eigenvalue weighted by molar-refractivity contribution is 0.0592. The SMILES string of the molecule is CCCCN(CCCC)C(C(=O)c1ccc(C)cc1)C(C)(C)C. The number of Topliss-reactive ketones (excluding diaryl/α,β-unsaturated/α-hetero) is 1. The second-order valence-electron chi connectivity index (χ2n) is 7.74. The monoisotopic (exact) mass is 317 g/mol. The largest absolute Gasteiger partial charge is 0.293 e. The first-order valence-corrected chi connectivity index (χ1v) is 9.16. The van der Waals surface area contributed by atoms with Gasteiger partial charge in [0.05, 0.1) is 6.04 Å². The minimum Gasteiger partial charge on any atom is -0.293 e. The maximum atomic E-state index is 13.2. The molecule has 2 heteroatoms. The van der Waals surface area contributed by atoms with E-state index in [1.807, 2.05) is 24.3 Å². The lowest BCUT2D eigenvalue weighted by Crippen LogP contribution is -2.50. The smallest absolute Gasteiger partial charge is 0.180 e. The molecule has 1 aromatic carbocycles. The fraction of sp³-hybridized carbons (Fsp3) is 0.667. The highest BCUT2D eigenvalue weighted by atomic mass is 16.1. The lowest BCUT2D eigenvalue weighted by atomic mass is 9.80. The van der Waals surface area contributed by atoms with Gasteiger partial charge in [-0.15, -0.1) is 0 Å². The first kappa shape index (κ1) is 19.9. The molecular formula is C21H35NO. The Hall–Kier alpha value is -1.15. The van der Waals surface area contributed by atoms with Gasteiger partial charge in [-0.1, -0.05) is 77.3 Å². The number of benzene rings is 1. The van der Waals surface area contributed by atoms with Crippen molar-refractivity contribution in [2.24, 2.45) is 5.41 Å². The van der Waals surface area contributed by atoms with E-state index in [0.29, 0.717) is 0 Å². The van der Waals surface area contributed by atoms with Crippen LogP contribution < -0.4 is 0 Å². The van der Waals surface area contributed by atoms with Gasteiger partial charge < -0.3 is 0 Å². The molecule has 23 heavy (non-hydrogen) atoms. The highest BCUT2D eigenvalue weighted by Gasteiger charge is 2.36. The number of hydrogen-bond acceptors (Lipinski definition) is 2. The molecule has 0 aliphatic rings. The van der Waals surface area contributed by atoms with Crippen LogP contribution in [0, 0.1) is 12.3 Å². The van der Waals surface area contributed by atoms with Crippen LogP contribution in [0.1, 0.15) is 76.2 Å². The molecule has 0 amide bonds. The van der Waals surface area contributed by atoms with Gasteiger partial charge in [0, 0.05) is 5.56 Å². The van der Waals surface area contributed by atoms with Crippen molar-refractivity contribution in [2.45, 2.75) is 73.3 Å². The van der Waals surface area contributed by atoms with Crippen LogP contribution in [0.25, 0.3) is 0 Å². The Labute approximate surface area is 143 Å². The summed E-state index contributed by atoms with van der Waals surface area (Å²) < 4.78 is 0. The normalized spacial score (nSPS) is 13.3. The Bertz CT molecular complexity index is 462. The van der Waals surface area contributed by atoms with Gasteiger partial charge in [-0.25, -0.2) is 0 Å². The third-order valence-corrected chi connectivity index (χ3v) is 4.37. The first-order chi connectivity index (χ1) is 10.8. The number of nitrogens with zero attached hydrogens (tertiary/aromatic N) is 1. The number of aryl methyl sites for hydroxylation is 1. The van der Waals surface area contributed by atoms with E-state index < -0.39 is 0 Å². The van der Waals surface area contributed by atoms with Crippen LogP contribution >= 0.6 is 0 Å². The highest BCUT2D eigenvalue weighted by Crippen LogP contribution is 2.28. The summed E-state index contributed by atoms with van der Waals surface area (Å²) in [6.45, 7) is 15.1. The molecule has 1 rings (SSSR count). The van der Waals surface area contributed by atoms with Crippen molar-refractivity contribution in [2.75, 3.05) is 13.1 Å².